The van der Waals surface area contributed by atoms with Crippen molar-refractivity contribution in [1.29, 1.82) is 0 Å². The zero-order chi connectivity index (χ0) is 12.8. The molecular weight excluding hydrogens is 306 g/mol. The van der Waals surface area contributed by atoms with Gasteiger partial charge in [-0.15, -0.1) is 11.3 Å². The van der Waals surface area contributed by atoms with Crippen LogP contribution in [-0.4, -0.2) is 28.1 Å². The Bertz CT molecular complexity index is 761. The second-order valence-electron chi connectivity index (χ2n) is 3.32. The molecule has 0 spiro atoms. The van der Waals surface area contributed by atoms with E-state index in [1.807, 2.05) is 0 Å². The number of halogens is 1. The number of benzene rings is 1. The monoisotopic (exact) mass is 311 g/mol. The van der Waals surface area contributed by atoms with E-state index in [-0.39, 0.29) is 9.24 Å². The molecule has 0 unspecified atom stereocenters. The molecule has 0 amide bonds. The van der Waals surface area contributed by atoms with Gasteiger partial charge in [-0.2, -0.15) is 0 Å². The average molecular weight is 312 g/mol. The van der Waals surface area contributed by atoms with Crippen LogP contribution in [0.4, 0.5) is 0 Å². The lowest BCUT2D eigenvalue weighted by molar-refractivity contribution is 0.601. The molecule has 0 saturated carbocycles. The molecule has 17 heavy (non-hydrogen) atoms. The first-order chi connectivity index (χ1) is 7.68. The number of rotatable bonds is 2. The molecule has 0 bridgehead atoms. The summed E-state index contributed by atoms with van der Waals surface area (Å²) in [6, 6.07) is 4.02. The second kappa shape index (κ2) is 3.91. The minimum absolute atomic E-state index is 0.0448. The van der Waals surface area contributed by atoms with Crippen molar-refractivity contribution in [3.63, 3.8) is 0 Å². The molecule has 0 fully saturated rings. The van der Waals surface area contributed by atoms with Gasteiger partial charge in [-0.1, -0.05) is 0 Å². The third kappa shape index (κ3) is 2.59. The summed E-state index contributed by atoms with van der Waals surface area (Å²) in [7, 11) is -2.01. The summed E-state index contributed by atoms with van der Waals surface area (Å²) in [6.45, 7) is 0. The van der Waals surface area contributed by atoms with Crippen LogP contribution in [0.5, 0.6) is 0 Å². The number of aromatic nitrogens is 1. The summed E-state index contributed by atoms with van der Waals surface area (Å²) < 4.78 is 45.2. The normalized spacial score (nSPS) is 13.1. The Hall–Kier alpha value is -0.700. The van der Waals surface area contributed by atoms with Crippen molar-refractivity contribution in [3.8, 4) is 0 Å². The maximum atomic E-state index is 11.3. The van der Waals surface area contributed by atoms with Gasteiger partial charge in [0.25, 0.3) is 9.05 Å². The average Bonchev–Trinajstić information content (AvgIpc) is 2.57. The number of sulfone groups is 1. The first-order valence-electron chi connectivity index (χ1n) is 4.23. The van der Waals surface area contributed by atoms with E-state index in [9.17, 15) is 16.8 Å². The van der Waals surface area contributed by atoms with Gasteiger partial charge < -0.3 is 0 Å². The van der Waals surface area contributed by atoms with Gasteiger partial charge in [-0.25, -0.2) is 21.8 Å². The highest BCUT2D eigenvalue weighted by atomic mass is 35.7. The van der Waals surface area contributed by atoms with Crippen LogP contribution in [0.3, 0.4) is 0 Å². The highest BCUT2D eigenvalue weighted by Gasteiger charge is 2.16. The lowest BCUT2D eigenvalue weighted by atomic mass is 10.3. The summed E-state index contributed by atoms with van der Waals surface area (Å²) in [4.78, 5) is 3.83. The topological polar surface area (TPSA) is 81.2 Å². The van der Waals surface area contributed by atoms with Crippen LogP contribution < -0.4 is 0 Å². The van der Waals surface area contributed by atoms with Crippen molar-refractivity contribution in [1.82, 2.24) is 4.98 Å². The predicted octanol–water partition coefficient (Wildman–Crippen LogP) is 1.63. The van der Waals surface area contributed by atoms with Crippen LogP contribution in [0.1, 0.15) is 0 Å². The maximum Gasteiger partial charge on any atom is 0.261 e. The van der Waals surface area contributed by atoms with Gasteiger partial charge in [0, 0.05) is 16.9 Å². The van der Waals surface area contributed by atoms with Crippen molar-refractivity contribution in [2.75, 3.05) is 6.26 Å². The molecule has 2 aromatic rings. The Kier molecular flexibility index (Phi) is 2.93. The van der Waals surface area contributed by atoms with Crippen molar-refractivity contribution >= 4 is 51.1 Å². The lowest BCUT2D eigenvalue weighted by Crippen LogP contribution is -1.94. The molecule has 0 N–H and O–H groups in total. The van der Waals surface area contributed by atoms with Gasteiger partial charge in [0.1, 0.15) is 0 Å². The Labute approximate surface area is 106 Å². The Morgan fingerprint density at radius 3 is 2.41 bits per heavy atom. The summed E-state index contributed by atoms with van der Waals surface area (Å²) in [6.07, 6.45) is 1.05. The predicted molar refractivity (Wildman–Crippen MR) is 65.8 cm³/mol. The summed E-state index contributed by atoms with van der Waals surface area (Å²) in [5.41, 5.74) is 0.430. The first-order valence-corrected chi connectivity index (χ1v) is 9.25. The Morgan fingerprint density at radius 1 is 1.24 bits per heavy atom. The van der Waals surface area contributed by atoms with Crippen LogP contribution in [-0.2, 0) is 18.9 Å². The summed E-state index contributed by atoms with van der Waals surface area (Å²) >= 11 is 0.912. The van der Waals surface area contributed by atoms with E-state index < -0.39 is 18.9 Å². The molecule has 2 rings (SSSR count). The number of hydrogen-bond donors (Lipinski definition) is 0. The van der Waals surface area contributed by atoms with E-state index in [2.05, 4.69) is 4.98 Å². The van der Waals surface area contributed by atoms with E-state index in [0.717, 1.165) is 17.6 Å². The zero-order valence-electron chi connectivity index (χ0n) is 8.41. The van der Waals surface area contributed by atoms with E-state index in [1.54, 1.807) is 0 Å². The molecule has 1 aromatic carbocycles. The van der Waals surface area contributed by atoms with Crippen LogP contribution in [0.25, 0.3) is 10.2 Å². The van der Waals surface area contributed by atoms with Gasteiger partial charge in [0.05, 0.1) is 15.1 Å². The fourth-order valence-electron chi connectivity index (χ4n) is 1.19. The second-order valence-corrected chi connectivity index (χ2v) is 9.11. The Morgan fingerprint density at radius 2 is 1.88 bits per heavy atom. The number of fused-ring (bicyclic) bond motifs is 1. The smallest absolute Gasteiger partial charge is 0.225 e. The molecule has 5 nitrogen and oxygen atoms in total. The third-order valence-corrected chi connectivity index (χ3v) is 5.99. The molecule has 0 aliphatic carbocycles. The maximum absolute atomic E-state index is 11.3. The van der Waals surface area contributed by atoms with Gasteiger partial charge >= 0.3 is 0 Å². The summed E-state index contributed by atoms with van der Waals surface area (Å²) in [5.74, 6) is 0. The largest absolute Gasteiger partial charge is 0.261 e. The number of thiazole rings is 1. The number of nitrogens with zero attached hydrogens (tertiary/aromatic N) is 1. The molecular formula is C8H6ClNO4S3. The quantitative estimate of drug-likeness (QED) is 0.787. The zero-order valence-corrected chi connectivity index (χ0v) is 11.6. The van der Waals surface area contributed by atoms with Crippen LogP contribution in [0.2, 0.25) is 0 Å². The van der Waals surface area contributed by atoms with Crippen LogP contribution in [0, 0.1) is 0 Å². The fraction of sp³-hybridized carbons (Fsp3) is 0.125. The first kappa shape index (κ1) is 12.7. The van der Waals surface area contributed by atoms with Gasteiger partial charge in [-0.3, -0.25) is 0 Å². The minimum atomic E-state index is -3.82. The molecule has 92 valence electrons. The highest BCUT2D eigenvalue weighted by Crippen LogP contribution is 2.28. The van der Waals surface area contributed by atoms with Crippen molar-refractivity contribution in [2.45, 2.75) is 9.24 Å². The van der Waals surface area contributed by atoms with Crippen LogP contribution in [0.15, 0.2) is 27.4 Å². The minimum Gasteiger partial charge on any atom is -0.225 e. The molecule has 1 aromatic heterocycles. The van der Waals surface area contributed by atoms with E-state index in [1.165, 1.54) is 18.2 Å². The molecule has 0 aliphatic heterocycles. The van der Waals surface area contributed by atoms with Gasteiger partial charge in [0.2, 0.25) is 14.2 Å². The van der Waals surface area contributed by atoms with Crippen molar-refractivity contribution in [3.05, 3.63) is 18.2 Å². The summed E-state index contributed by atoms with van der Waals surface area (Å²) in [5, 5.41) is 0. The van der Waals surface area contributed by atoms with Gasteiger partial charge in [0.15, 0.2) is 0 Å². The van der Waals surface area contributed by atoms with Crippen molar-refractivity contribution < 1.29 is 16.8 Å². The van der Waals surface area contributed by atoms with Gasteiger partial charge in [-0.05, 0) is 18.2 Å². The number of hydrogen-bond acceptors (Lipinski definition) is 6. The van der Waals surface area contributed by atoms with E-state index in [0.29, 0.717) is 10.2 Å². The molecule has 9 heteroatoms. The molecule has 0 aliphatic rings. The Balaban J connectivity index is 2.73. The standard InChI is InChI=1S/C8H6ClNO4S3/c1-16(11,12)8-10-6-3-2-5(17(9,13)14)4-7(6)15-8/h2-4H,1H3. The third-order valence-electron chi connectivity index (χ3n) is 1.94. The molecule has 0 saturated heterocycles. The molecule has 0 atom stereocenters. The highest BCUT2D eigenvalue weighted by molar-refractivity contribution is 8.13. The molecule has 0 radical (unpaired) electrons. The fourth-order valence-corrected chi connectivity index (χ4v) is 3.92. The lowest BCUT2D eigenvalue weighted by Gasteiger charge is -1.93. The van der Waals surface area contributed by atoms with Crippen LogP contribution >= 0.6 is 22.0 Å². The molecule has 1 heterocycles. The van der Waals surface area contributed by atoms with E-state index in [4.69, 9.17) is 10.7 Å². The van der Waals surface area contributed by atoms with Crippen molar-refractivity contribution in [2.24, 2.45) is 0 Å². The SMILES string of the molecule is CS(=O)(=O)c1nc2ccc(S(=O)(=O)Cl)cc2s1. The van der Waals surface area contributed by atoms with E-state index >= 15 is 0 Å².